The third-order valence-electron chi connectivity index (χ3n) is 6.76. The van der Waals surface area contributed by atoms with Crippen LogP contribution in [-0.4, -0.2) is 39.6 Å². The lowest BCUT2D eigenvalue weighted by Gasteiger charge is -2.23. The molecule has 1 aromatic heterocycles. The molecule has 2 N–H and O–H groups in total. The zero-order chi connectivity index (χ0) is 27.4. The van der Waals surface area contributed by atoms with Crippen LogP contribution in [0.5, 0.6) is 17.2 Å². The van der Waals surface area contributed by atoms with Crippen LogP contribution in [0.25, 0.3) is 16.0 Å². The van der Waals surface area contributed by atoms with Crippen molar-refractivity contribution in [3.63, 3.8) is 0 Å². The summed E-state index contributed by atoms with van der Waals surface area (Å²) in [5.41, 5.74) is 2.30. The van der Waals surface area contributed by atoms with Crippen molar-refractivity contribution in [3.8, 4) is 17.2 Å². The van der Waals surface area contributed by atoms with Gasteiger partial charge in [-0.15, -0.1) is 0 Å². The number of rotatable bonds is 5. The molecule has 2 atom stereocenters. The quantitative estimate of drug-likeness (QED) is 0.174. The number of anilines is 1. The maximum atomic E-state index is 13.6. The predicted molar refractivity (Wildman–Crippen MR) is 149 cm³/mol. The molecule has 8 nitrogen and oxygen atoms in total. The Balaban J connectivity index is 1.55. The molecule has 10 heteroatoms. The molecule has 1 amide bonds. The van der Waals surface area contributed by atoms with Gasteiger partial charge in [-0.05, 0) is 73.5 Å². The number of hydrogen-bond acceptors (Lipinski definition) is 8. The summed E-state index contributed by atoms with van der Waals surface area (Å²) in [5, 5.41) is 22.6. The topological polar surface area (TPSA) is 109 Å². The van der Waals surface area contributed by atoms with Crippen LogP contribution in [0.15, 0.2) is 60.2 Å². The van der Waals surface area contributed by atoms with E-state index in [9.17, 15) is 19.8 Å². The molecule has 1 fully saturated rings. The molecule has 0 bridgehead atoms. The minimum atomic E-state index is -1.02. The fourth-order valence-electron chi connectivity index (χ4n) is 5.03. The van der Waals surface area contributed by atoms with Gasteiger partial charge < -0.3 is 19.7 Å². The zero-order valence-electron chi connectivity index (χ0n) is 21.0. The number of hydrogen-bond donors (Lipinski definition) is 2. The molecule has 3 heterocycles. The second kappa shape index (κ2) is 9.59. The molecule has 39 heavy (non-hydrogen) atoms. The van der Waals surface area contributed by atoms with E-state index in [4.69, 9.17) is 21.1 Å². The number of thiazole rings is 1. The molecule has 2 aliphatic heterocycles. The Bertz CT molecular complexity index is 1700. The lowest BCUT2D eigenvalue weighted by Crippen LogP contribution is -2.29. The lowest BCUT2D eigenvalue weighted by atomic mass is 9.94. The van der Waals surface area contributed by atoms with Gasteiger partial charge in [-0.1, -0.05) is 29.0 Å². The zero-order valence-corrected chi connectivity index (χ0v) is 22.5. The van der Waals surface area contributed by atoms with Gasteiger partial charge in [-0.25, -0.2) is 4.98 Å². The van der Waals surface area contributed by atoms with E-state index in [1.165, 1.54) is 22.3 Å². The minimum absolute atomic E-state index is 0.00416. The van der Waals surface area contributed by atoms with Crippen LogP contribution in [0.2, 0.25) is 5.02 Å². The van der Waals surface area contributed by atoms with Crippen molar-refractivity contribution in [1.29, 1.82) is 0 Å². The number of halogens is 1. The van der Waals surface area contributed by atoms with Gasteiger partial charge in [-0.2, -0.15) is 0 Å². The molecule has 2 aliphatic rings. The van der Waals surface area contributed by atoms with Crippen molar-refractivity contribution in [2.24, 2.45) is 0 Å². The van der Waals surface area contributed by atoms with Gasteiger partial charge in [0.05, 0.1) is 28.4 Å². The van der Waals surface area contributed by atoms with Gasteiger partial charge in [-0.3, -0.25) is 14.5 Å². The highest BCUT2D eigenvalue weighted by Crippen LogP contribution is 2.46. The van der Waals surface area contributed by atoms with E-state index in [1.807, 2.05) is 6.92 Å². The highest BCUT2D eigenvalue weighted by Gasteiger charge is 2.48. The normalized spacial score (nSPS) is 19.9. The number of carbonyl (C=O) groups excluding carboxylic acids is 2. The lowest BCUT2D eigenvalue weighted by molar-refractivity contribution is -0.132. The number of phenolic OH excluding ortho intramolecular Hbond substituents is 1. The van der Waals surface area contributed by atoms with Crippen molar-refractivity contribution >= 4 is 55.7 Å². The molecule has 0 aliphatic carbocycles. The maximum Gasteiger partial charge on any atom is 0.301 e. The van der Waals surface area contributed by atoms with Gasteiger partial charge >= 0.3 is 5.91 Å². The van der Waals surface area contributed by atoms with Gasteiger partial charge in [0, 0.05) is 17.0 Å². The highest BCUT2D eigenvalue weighted by molar-refractivity contribution is 7.22. The monoisotopic (exact) mass is 562 g/mol. The molecule has 3 aromatic carbocycles. The van der Waals surface area contributed by atoms with Crippen LogP contribution in [0.1, 0.15) is 36.6 Å². The van der Waals surface area contributed by atoms with Crippen LogP contribution in [0.4, 0.5) is 5.13 Å². The average Bonchev–Trinajstić information content (AvgIpc) is 3.57. The fraction of sp³-hybridized carbons (Fsp3) is 0.207. The Hall–Kier alpha value is -4.08. The van der Waals surface area contributed by atoms with Gasteiger partial charge in [0.2, 0.25) is 0 Å². The number of phenols is 1. The van der Waals surface area contributed by atoms with E-state index in [1.54, 1.807) is 55.5 Å². The molecule has 0 radical (unpaired) electrons. The number of carbonyl (C=O) groups is 2. The molecule has 0 saturated carbocycles. The smallest absolute Gasteiger partial charge is 0.301 e. The van der Waals surface area contributed by atoms with Crippen LogP contribution in [-0.2, 0) is 16.0 Å². The Morgan fingerprint density at radius 1 is 1.18 bits per heavy atom. The van der Waals surface area contributed by atoms with Crippen LogP contribution in [0.3, 0.4) is 0 Å². The van der Waals surface area contributed by atoms with E-state index >= 15 is 0 Å². The number of aromatic nitrogens is 1. The first kappa shape index (κ1) is 25.2. The first-order chi connectivity index (χ1) is 18.7. The molecule has 4 aromatic rings. The number of ether oxygens (including phenoxy) is 2. The molecular formula is C29H23ClN2O6S. The first-order valence-corrected chi connectivity index (χ1v) is 13.6. The summed E-state index contributed by atoms with van der Waals surface area (Å²) in [6, 6.07) is 14.0. The second-order valence-corrected chi connectivity index (χ2v) is 10.8. The molecule has 0 unspecified atom stereocenters. The Kier molecular flexibility index (Phi) is 6.20. The highest BCUT2D eigenvalue weighted by atomic mass is 35.5. The predicted octanol–water partition coefficient (Wildman–Crippen LogP) is 6.00. The number of aromatic hydroxyl groups is 1. The van der Waals surface area contributed by atoms with E-state index in [-0.39, 0.29) is 34.1 Å². The van der Waals surface area contributed by atoms with Gasteiger partial charge in [0.15, 0.2) is 16.6 Å². The van der Waals surface area contributed by atoms with Crippen LogP contribution < -0.4 is 14.4 Å². The summed E-state index contributed by atoms with van der Waals surface area (Å²) >= 11 is 7.38. The number of benzene rings is 3. The Labute approximate surface area is 232 Å². The van der Waals surface area contributed by atoms with Crippen LogP contribution >= 0.6 is 22.9 Å². The maximum absolute atomic E-state index is 13.6. The number of ketones is 1. The van der Waals surface area contributed by atoms with Crippen molar-refractivity contribution in [2.75, 3.05) is 11.5 Å². The fourth-order valence-corrected chi connectivity index (χ4v) is 6.30. The average molecular weight is 563 g/mol. The Morgan fingerprint density at radius 3 is 2.79 bits per heavy atom. The number of Topliss-reactive ketones (excluding diaryl/α,β-unsaturated/α-hetero) is 1. The number of amides is 1. The largest absolute Gasteiger partial charge is 0.507 e. The third-order valence-corrected chi connectivity index (χ3v) is 8.01. The summed E-state index contributed by atoms with van der Waals surface area (Å²) in [6.45, 7) is 4.03. The van der Waals surface area contributed by atoms with Crippen molar-refractivity contribution < 1.29 is 29.3 Å². The molecule has 0 spiro atoms. The summed E-state index contributed by atoms with van der Waals surface area (Å²) in [7, 11) is 0. The van der Waals surface area contributed by atoms with Gasteiger partial charge in [0.25, 0.3) is 5.78 Å². The number of nitrogens with zero attached hydrogens (tertiary/aromatic N) is 2. The summed E-state index contributed by atoms with van der Waals surface area (Å²) in [6.07, 6.45) is 0.669. The first-order valence-electron chi connectivity index (χ1n) is 12.4. The van der Waals surface area contributed by atoms with E-state index in [0.29, 0.717) is 34.7 Å². The van der Waals surface area contributed by atoms with E-state index in [0.717, 1.165) is 16.0 Å². The summed E-state index contributed by atoms with van der Waals surface area (Å²) in [5.74, 6) is -1.13. The molecule has 198 valence electrons. The second-order valence-electron chi connectivity index (χ2n) is 9.39. The minimum Gasteiger partial charge on any atom is -0.507 e. The Morgan fingerprint density at radius 2 is 2.00 bits per heavy atom. The third kappa shape index (κ3) is 4.27. The van der Waals surface area contributed by atoms with Crippen molar-refractivity contribution in [3.05, 3.63) is 81.9 Å². The van der Waals surface area contributed by atoms with E-state index in [2.05, 4.69) is 4.98 Å². The molecular weight excluding hydrogens is 540 g/mol. The standard InChI is InChI=1S/C29H23ClN2O6S/c1-3-37-22-12-15(4-8-20(22)33)25-24(26(34)16-5-9-21-17(11-16)10-14(2)38-21)27(35)28(36)32(25)29-31-19-7-6-18(30)13-23(19)39-29/h4-9,11-14,25,33-34H,3,10H2,1-2H3/b26-24+/t14-,25-/m0/s1. The van der Waals surface area contributed by atoms with Crippen molar-refractivity contribution in [2.45, 2.75) is 32.4 Å². The number of aliphatic hydroxyl groups is 1. The number of fused-ring (bicyclic) bond motifs is 2. The molecule has 6 rings (SSSR count). The molecule has 1 saturated heterocycles. The summed E-state index contributed by atoms with van der Waals surface area (Å²) in [4.78, 5) is 33.0. The SMILES string of the molecule is CCOc1cc([C@H]2/C(=C(\O)c3ccc4c(c3)C[C@H](C)O4)C(=O)C(=O)N2c2nc3ccc(Cl)cc3s2)ccc1O. The van der Waals surface area contributed by atoms with Crippen LogP contribution in [0, 0.1) is 0 Å². The van der Waals surface area contributed by atoms with Gasteiger partial charge in [0.1, 0.15) is 17.6 Å². The summed E-state index contributed by atoms with van der Waals surface area (Å²) < 4.78 is 12.1. The number of aliphatic hydroxyl groups excluding tert-OH is 1. The van der Waals surface area contributed by atoms with Crippen molar-refractivity contribution in [1.82, 2.24) is 4.98 Å². The van der Waals surface area contributed by atoms with E-state index < -0.39 is 17.7 Å².